The zero-order valence-corrected chi connectivity index (χ0v) is 13.8. The second kappa shape index (κ2) is 8.23. The number of carbonyl (C=O) groups is 1. The van der Waals surface area contributed by atoms with E-state index in [1.165, 1.54) is 24.3 Å². The minimum atomic E-state index is -0.504. The van der Waals surface area contributed by atoms with E-state index < -0.39 is 10.8 Å². The van der Waals surface area contributed by atoms with Crippen LogP contribution in [0.3, 0.4) is 0 Å². The molecule has 1 amide bonds. The highest BCUT2D eigenvalue weighted by atomic mass is 35.5. The number of benzene rings is 2. The zero-order chi connectivity index (χ0) is 17.5. The number of ether oxygens (including phenoxy) is 1. The minimum absolute atomic E-state index is 0.0383. The summed E-state index contributed by atoms with van der Waals surface area (Å²) < 4.78 is 5.29. The average Bonchev–Trinajstić information content (AvgIpc) is 2.54. The van der Waals surface area contributed by atoms with Crippen LogP contribution < -0.4 is 15.4 Å². The first-order valence-electron chi connectivity index (χ1n) is 6.68. The molecular weight excluding hydrogens is 354 g/mol. The van der Waals surface area contributed by atoms with Gasteiger partial charge in [0.05, 0.1) is 9.95 Å². The Bertz CT molecular complexity index is 768. The lowest BCUT2D eigenvalue weighted by molar-refractivity contribution is -0.384. The van der Waals surface area contributed by atoms with E-state index in [9.17, 15) is 14.9 Å². The fourth-order valence-electron chi connectivity index (χ4n) is 1.70. The Morgan fingerprint density at radius 2 is 1.88 bits per heavy atom. The van der Waals surface area contributed by atoms with Gasteiger partial charge in [0.2, 0.25) is 0 Å². The molecule has 0 fully saturated rings. The third-order valence-corrected chi connectivity index (χ3v) is 3.30. The largest absolute Gasteiger partial charge is 0.482 e. The molecule has 2 rings (SSSR count). The van der Waals surface area contributed by atoms with Crippen LogP contribution >= 0.6 is 23.8 Å². The van der Waals surface area contributed by atoms with Crippen molar-refractivity contribution in [2.45, 2.75) is 0 Å². The van der Waals surface area contributed by atoms with E-state index in [0.29, 0.717) is 16.5 Å². The van der Waals surface area contributed by atoms with Crippen LogP contribution in [0.15, 0.2) is 48.5 Å². The van der Waals surface area contributed by atoms with Crippen molar-refractivity contribution in [3.63, 3.8) is 0 Å². The quantitative estimate of drug-likeness (QED) is 0.480. The summed E-state index contributed by atoms with van der Waals surface area (Å²) in [7, 11) is 0. The highest BCUT2D eigenvalue weighted by molar-refractivity contribution is 7.80. The van der Waals surface area contributed by atoms with E-state index in [0.717, 1.165) is 0 Å². The van der Waals surface area contributed by atoms with Crippen molar-refractivity contribution in [2.75, 3.05) is 11.9 Å². The third-order valence-electron chi connectivity index (χ3n) is 2.78. The summed E-state index contributed by atoms with van der Waals surface area (Å²) in [5, 5.41) is 16.2. The number of hydrogen-bond donors (Lipinski definition) is 2. The van der Waals surface area contributed by atoms with Gasteiger partial charge in [-0.15, -0.1) is 0 Å². The number of anilines is 1. The minimum Gasteiger partial charge on any atom is -0.482 e. The molecule has 2 aromatic rings. The Balaban J connectivity index is 1.82. The summed E-state index contributed by atoms with van der Waals surface area (Å²) in [5.41, 5.74) is 0.474. The molecule has 9 heteroatoms. The van der Waals surface area contributed by atoms with Gasteiger partial charge in [0.1, 0.15) is 5.75 Å². The Kier molecular flexibility index (Phi) is 6.05. The summed E-state index contributed by atoms with van der Waals surface area (Å²) >= 11 is 10.9. The molecule has 0 radical (unpaired) electrons. The molecule has 2 aromatic carbocycles. The van der Waals surface area contributed by atoms with Crippen LogP contribution in [-0.4, -0.2) is 22.5 Å². The lowest BCUT2D eigenvalue weighted by Crippen LogP contribution is -2.37. The third kappa shape index (κ3) is 5.18. The van der Waals surface area contributed by atoms with Crippen molar-refractivity contribution >= 4 is 46.2 Å². The predicted molar refractivity (Wildman–Crippen MR) is 94.4 cm³/mol. The van der Waals surface area contributed by atoms with E-state index in [1.54, 1.807) is 24.3 Å². The number of non-ortho nitro benzene ring substituents is 1. The molecule has 0 bridgehead atoms. The first-order chi connectivity index (χ1) is 11.5. The maximum Gasteiger partial charge on any atom is 0.269 e. The van der Waals surface area contributed by atoms with Crippen molar-refractivity contribution in [3.8, 4) is 5.75 Å². The summed E-state index contributed by atoms with van der Waals surface area (Å²) in [4.78, 5) is 21.8. The van der Waals surface area contributed by atoms with E-state index in [2.05, 4.69) is 10.6 Å². The molecule has 0 heterocycles. The molecule has 0 spiro atoms. The number of rotatable bonds is 5. The monoisotopic (exact) mass is 365 g/mol. The fraction of sp³-hybridized carbons (Fsp3) is 0.0667. The van der Waals surface area contributed by atoms with Crippen molar-refractivity contribution < 1.29 is 14.5 Å². The number of para-hydroxylation sites is 1. The number of nitrogens with zero attached hydrogens (tertiary/aromatic N) is 1. The summed E-state index contributed by atoms with van der Waals surface area (Å²) in [6, 6.07) is 12.4. The number of thiocarbonyl (C=S) groups is 1. The molecule has 7 nitrogen and oxygen atoms in total. The predicted octanol–water partition coefficient (Wildman–Crippen LogP) is 3.14. The summed E-state index contributed by atoms with van der Waals surface area (Å²) in [6.07, 6.45) is 0. The van der Waals surface area contributed by atoms with Crippen LogP contribution in [0.1, 0.15) is 0 Å². The Hall–Kier alpha value is -2.71. The van der Waals surface area contributed by atoms with Crippen LogP contribution in [-0.2, 0) is 4.79 Å². The first kappa shape index (κ1) is 17.6. The molecule has 24 heavy (non-hydrogen) atoms. The van der Waals surface area contributed by atoms with Gasteiger partial charge < -0.3 is 10.1 Å². The highest BCUT2D eigenvalue weighted by Gasteiger charge is 2.09. The second-order valence-electron chi connectivity index (χ2n) is 4.53. The lowest BCUT2D eigenvalue weighted by atomic mass is 10.3. The molecule has 0 saturated heterocycles. The molecule has 0 aliphatic carbocycles. The molecule has 124 valence electrons. The lowest BCUT2D eigenvalue weighted by Gasteiger charge is -2.10. The number of nitrogens with one attached hydrogen (secondary N) is 2. The van der Waals surface area contributed by atoms with E-state index in [-0.39, 0.29) is 17.4 Å². The molecule has 0 saturated carbocycles. The fourth-order valence-corrected chi connectivity index (χ4v) is 2.12. The molecular formula is C15H12ClN3O4S. The Labute approximate surface area is 147 Å². The van der Waals surface area contributed by atoms with Gasteiger partial charge >= 0.3 is 0 Å². The van der Waals surface area contributed by atoms with Crippen LogP contribution in [0.5, 0.6) is 5.75 Å². The normalized spacial score (nSPS) is 9.88. The van der Waals surface area contributed by atoms with Gasteiger partial charge in [0.15, 0.2) is 11.7 Å². The highest BCUT2D eigenvalue weighted by Crippen LogP contribution is 2.22. The molecule has 2 N–H and O–H groups in total. The molecule has 0 aliphatic heterocycles. The average molecular weight is 366 g/mol. The van der Waals surface area contributed by atoms with Crippen LogP contribution in [0, 0.1) is 10.1 Å². The number of carbonyl (C=O) groups excluding carboxylic acids is 1. The zero-order valence-electron chi connectivity index (χ0n) is 12.2. The smallest absolute Gasteiger partial charge is 0.269 e. The van der Waals surface area contributed by atoms with Crippen molar-refractivity contribution in [1.29, 1.82) is 0 Å². The Morgan fingerprint density at radius 1 is 1.21 bits per heavy atom. The molecule has 0 unspecified atom stereocenters. The van der Waals surface area contributed by atoms with Gasteiger partial charge in [0.25, 0.3) is 11.6 Å². The standard InChI is InChI=1S/C15H12ClN3O4S/c16-12-3-1-2-4-13(12)23-9-14(20)18-15(24)17-10-5-7-11(8-6-10)19(21)22/h1-8H,9H2,(H2,17,18,20,24). The number of halogens is 1. The summed E-state index contributed by atoms with van der Waals surface area (Å²) in [6.45, 7) is -0.258. The molecule has 0 aliphatic rings. The van der Waals surface area contributed by atoms with Crippen molar-refractivity contribution in [3.05, 3.63) is 63.7 Å². The Morgan fingerprint density at radius 3 is 2.50 bits per heavy atom. The number of nitro groups is 1. The second-order valence-corrected chi connectivity index (χ2v) is 5.34. The van der Waals surface area contributed by atoms with Gasteiger partial charge in [-0.25, -0.2) is 0 Å². The molecule has 0 aromatic heterocycles. The van der Waals surface area contributed by atoms with Crippen molar-refractivity contribution in [2.24, 2.45) is 0 Å². The topological polar surface area (TPSA) is 93.5 Å². The first-order valence-corrected chi connectivity index (χ1v) is 7.47. The van der Waals surface area contributed by atoms with Crippen LogP contribution in [0.4, 0.5) is 11.4 Å². The van der Waals surface area contributed by atoms with Gasteiger partial charge in [-0.05, 0) is 36.5 Å². The van der Waals surface area contributed by atoms with Gasteiger partial charge in [-0.2, -0.15) is 0 Å². The van der Waals surface area contributed by atoms with Gasteiger partial charge in [0, 0.05) is 17.8 Å². The number of hydrogen-bond acceptors (Lipinski definition) is 5. The summed E-state index contributed by atoms with van der Waals surface area (Å²) in [5.74, 6) is -0.0714. The maximum atomic E-state index is 11.8. The number of nitro benzene ring substituents is 1. The van der Waals surface area contributed by atoms with Crippen LogP contribution in [0.2, 0.25) is 5.02 Å². The number of amides is 1. The van der Waals surface area contributed by atoms with Crippen LogP contribution in [0.25, 0.3) is 0 Å². The van der Waals surface area contributed by atoms with E-state index in [1.807, 2.05) is 0 Å². The SMILES string of the molecule is O=C(COc1ccccc1Cl)NC(=S)Nc1ccc([N+](=O)[O-])cc1. The maximum absolute atomic E-state index is 11.8. The van der Waals surface area contributed by atoms with Gasteiger partial charge in [-0.3, -0.25) is 20.2 Å². The van der Waals surface area contributed by atoms with Gasteiger partial charge in [-0.1, -0.05) is 23.7 Å². The van der Waals surface area contributed by atoms with E-state index >= 15 is 0 Å². The molecule has 0 atom stereocenters. The van der Waals surface area contributed by atoms with Crippen molar-refractivity contribution in [1.82, 2.24) is 5.32 Å². The van der Waals surface area contributed by atoms with E-state index in [4.69, 9.17) is 28.6 Å².